The molecule has 0 unspecified atom stereocenters. The molecule has 1 N–H and O–H groups in total. The van der Waals surface area contributed by atoms with E-state index in [0.29, 0.717) is 18.8 Å². The Labute approximate surface area is 248 Å². The van der Waals surface area contributed by atoms with E-state index in [1.807, 2.05) is 37.3 Å². The lowest BCUT2D eigenvalue weighted by Crippen LogP contribution is -2.41. The molecule has 0 aromatic heterocycles. The number of rotatable bonds is 14. The van der Waals surface area contributed by atoms with Gasteiger partial charge in [-0.1, -0.05) is 99.5 Å². The molecule has 0 aliphatic rings. The van der Waals surface area contributed by atoms with Crippen LogP contribution in [0.3, 0.4) is 0 Å². The zero-order chi connectivity index (χ0) is 30.1. The van der Waals surface area contributed by atoms with Crippen LogP contribution < -0.4 is 0 Å². The lowest BCUT2D eigenvalue weighted by molar-refractivity contribution is -0.163. The highest BCUT2D eigenvalue weighted by Crippen LogP contribution is 2.32. The van der Waals surface area contributed by atoms with Crippen molar-refractivity contribution in [3.05, 3.63) is 106 Å². The van der Waals surface area contributed by atoms with Crippen LogP contribution in [0, 0.1) is 39.5 Å². The summed E-state index contributed by atoms with van der Waals surface area (Å²) in [6.07, 6.45) is 0.895. The Hall–Kier alpha value is -2.95. The highest BCUT2D eigenvalue weighted by molar-refractivity contribution is 5.73. The number of esters is 1. The van der Waals surface area contributed by atoms with E-state index in [1.165, 1.54) is 33.4 Å². The highest BCUT2D eigenvalue weighted by atomic mass is 16.5. The van der Waals surface area contributed by atoms with Crippen LogP contribution in [0.5, 0.6) is 0 Å². The van der Waals surface area contributed by atoms with Crippen LogP contribution in [-0.2, 0) is 22.6 Å². The monoisotopic (exact) mass is 557 g/mol. The van der Waals surface area contributed by atoms with Gasteiger partial charge >= 0.3 is 5.97 Å². The summed E-state index contributed by atoms with van der Waals surface area (Å²) in [6, 6.07) is 23.0. The predicted molar refractivity (Wildman–Crippen MR) is 170 cm³/mol. The van der Waals surface area contributed by atoms with Crippen molar-refractivity contribution in [3.8, 4) is 0 Å². The fourth-order valence-corrected chi connectivity index (χ4v) is 5.80. The number of carbonyl (C=O) groups is 1. The summed E-state index contributed by atoms with van der Waals surface area (Å²) in [5.41, 5.74) is 8.60. The fourth-order valence-electron chi connectivity index (χ4n) is 5.80. The molecule has 0 bridgehead atoms. The van der Waals surface area contributed by atoms with E-state index in [0.717, 1.165) is 25.1 Å². The van der Waals surface area contributed by atoms with Crippen LogP contribution in [0.25, 0.3) is 0 Å². The molecule has 0 fully saturated rings. The van der Waals surface area contributed by atoms with Crippen LogP contribution >= 0.6 is 0 Å². The fraction of sp³-hybridized carbons (Fsp3) is 0.486. The topological polar surface area (TPSA) is 49.8 Å². The molecule has 41 heavy (non-hydrogen) atoms. The van der Waals surface area contributed by atoms with E-state index in [9.17, 15) is 9.90 Å². The van der Waals surface area contributed by atoms with E-state index >= 15 is 0 Å². The van der Waals surface area contributed by atoms with Gasteiger partial charge in [0.2, 0.25) is 0 Å². The third-order valence-corrected chi connectivity index (χ3v) is 8.76. The number of hydrogen-bond donors (Lipinski definition) is 1. The number of aryl methyl sites for hydroxylation is 4. The number of benzene rings is 3. The molecule has 0 heterocycles. The summed E-state index contributed by atoms with van der Waals surface area (Å²) in [5, 5.41) is 10.9. The summed E-state index contributed by atoms with van der Waals surface area (Å²) in [5.74, 6) is -0.523. The second-order valence-electron chi connectivity index (χ2n) is 12.0. The molecule has 222 valence electrons. The average Bonchev–Trinajstić information content (AvgIpc) is 2.96. The Morgan fingerprint density at radius 2 is 1.44 bits per heavy atom. The van der Waals surface area contributed by atoms with E-state index < -0.39 is 18.1 Å². The first-order valence-corrected chi connectivity index (χ1v) is 15.3. The van der Waals surface area contributed by atoms with E-state index in [-0.39, 0.29) is 12.0 Å². The van der Waals surface area contributed by atoms with E-state index in [2.05, 4.69) is 89.8 Å². The van der Waals surface area contributed by atoms with Crippen molar-refractivity contribution in [1.29, 1.82) is 0 Å². The maximum Gasteiger partial charge on any atom is 0.312 e. The van der Waals surface area contributed by atoms with Crippen molar-refractivity contribution in [1.82, 2.24) is 4.90 Å². The Morgan fingerprint density at radius 3 is 2.02 bits per heavy atom. The van der Waals surface area contributed by atoms with Crippen LogP contribution in [0.4, 0.5) is 0 Å². The minimum absolute atomic E-state index is 0.121. The highest BCUT2D eigenvalue weighted by Gasteiger charge is 2.34. The molecule has 0 spiro atoms. The molecule has 5 atom stereocenters. The largest absolute Gasteiger partial charge is 0.456 e. The van der Waals surface area contributed by atoms with Gasteiger partial charge in [0.05, 0.1) is 12.0 Å². The molecule has 4 heteroatoms. The quantitative estimate of drug-likeness (QED) is 0.202. The first-order valence-electron chi connectivity index (χ1n) is 15.3. The number of aliphatic hydroxyl groups excluding tert-OH is 1. The number of ether oxygens (including phenoxy) is 1. The lowest BCUT2D eigenvalue weighted by Gasteiger charge is -2.37. The summed E-state index contributed by atoms with van der Waals surface area (Å²) in [4.78, 5) is 16.3. The summed E-state index contributed by atoms with van der Waals surface area (Å²) in [6.45, 7) is 18.5. The molecule has 3 aromatic carbocycles. The third-order valence-electron chi connectivity index (χ3n) is 8.76. The second kappa shape index (κ2) is 15.3. The summed E-state index contributed by atoms with van der Waals surface area (Å²) >= 11 is 0. The standard InChI is InChI=1S/C37H51NO3/c1-9-25(3)22-33(35(39)10-2)37(40)41-36(31-17-12-11-13-18-31)30(8)38(23-32-19-15-14-16-27(32)5)24-34-28(6)20-26(4)21-29(34)7/h11-21,25,30,33,35-36,39H,9-10,22-24H2,1-8H3/t25-,30-,33+,35+,36-/m0/s1. The van der Waals surface area contributed by atoms with Gasteiger partial charge in [0.15, 0.2) is 0 Å². The first-order chi connectivity index (χ1) is 19.5. The van der Waals surface area contributed by atoms with Gasteiger partial charge in [-0.15, -0.1) is 0 Å². The van der Waals surface area contributed by atoms with Crippen molar-refractivity contribution in [2.45, 2.75) is 106 Å². The van der Waals surface area contributed by atoms with Gasteiger partial charge in [0, 0.05) is 19.1 Å². The zero-order valence-electron chi connectivity index (χ0n) is 26.5. The van der Waals surface area contributed by atoms with Crippen molar-refractivity contribution >= 4 is 5.97 Å². The Bertz CT molecular complexity index is 1230. The first kappa shape index (κ1) is 32.6. The van der Waals surface area contributed by atoms with Gasteiger partial charge in [-0.05, 0) is 86.8 Å². The SMILES string of the molecule is CC[C@H](C)C[C@@H](C(=O)O[C@H](c1ccccc1)[C@H](C)N(Cc1ccccc1C)Cc1c(C)cc(C)cc1C)[C@H](O)CC. The molecule has 0 aliphatic heterocycles. The van der Waals surface area contributed by atoms with Crippen molar-refractivity contribution in [2.24, 2.45) is 11.8 Å². The van der Waals surface area contributed by atoms with E-state index in [1.54, 1.807) is 0 Å². The number of aliphatic hydroxyl groups is 1. The predicted octanol–water partition coefficient (Wildman–Crippen LogP) is 8.42. The summed E-state index contributed by atoms with van der Waals surface area (Å²) < 4.78 is 6.45. The van der Waals surface area contributed by atoms with Crippen LogP contribution in [0.15, 0.2) is 66.7 Å². The average molecular weight is 558 g/mol. The van der Waals surface area contributed by atoms with Gasteiger partial charge in [-0.3, -0.25) is 9.69 Å². The molecule has 0 amide bonds. The minimum Gasteiger partial charge on any atom is -0.456 e. The Kier molecular flexibility index (Phi) is 12.2. The van der Waals surface area contributed by atoms with Crippen LogP contribution in [0.2, 0.25) is 0 Å². The molecule has 0 aliphatic carbocycles. The van der Waals surface area contributed by atoms with Crippen molar-refractivity contribution in [2.75, 3.05) is 0 Å². The molecule has 0 saturated heterocycles. The third kappa shape index (κ3) is 8.77. The Morgan fingerprint density at radius 1 is 0.829 bits per heavy atom. The van der Waals surface area contributed by atoms with Crippen molar-refractivity contribution < 1.29 is 14.6 Å². The van der Waals surface area contributed by atoms with Gasteiger partial charge < -0.3 is 9.84 Å². The van der Waals surface area contributed by atoms with E-state index in [4.69, 9.17) is 4.74 Å². The molecule has 0 radical (unpaired) electrons. The number of carbonyl (C=O) groups excluding carboxylic acids is 1. The number of nitrogens with zero attached hydrogens (tertiary/aromatic N) is 1. The van der Waals surface area contributed by atoms with Gasteiger partial charge in [0.25, 0.3) is 0 Å². The molecular weight excluding hydrogens is 506 g/mol. The van der Waals surface area contributed by atoms with Gasteiger partial charge in [-0.25, -0.2) is 0 Å². The molecule has 0 saturated carbocycles. The normalized spacial score (nSPS) is 15.3. The van der Waals surface area contributed by atoms with Gasteiger partial charge in [0.1, 0.15) is 6.10 Å². The lowest BCUT2D eigenvalue weighted by atomic mass is 9.88. The smallest absolute Gasteiger partial charge is 0.312 e. The molecule has 3 aromatic rings. The van der Waals surface area contributed by atoms with Crippen LogP contribution in [0.1, 0.15) is 92.0 Å². The zero-order valence-corrected chi connectivity index (χ0v) is 26.5. The molecule has 4 nitrogen and oxygen atoms in total. The minimum atomic E-state index is -0.718. The number of hydrogen-bond acceptors (Lipinski definition) is 4. The maximum absolute atomic E-state index is 13.8. The van der Waals surface area contributed by atoms with Gasteiger partial charge in [-0.2, -0.15) is 0 Å². The Balaban J connectivity index is 2.04. The molecule has 3 rings (SSSR count). The maximum atomic E-state index is 13.8. The van der Waals surface area contributed by atoms with Crippen molar-refractivity contribution in [3.63, 3.8) is 0 Å². The molecular formula is C37H51NO3. The summed E-state index contributed by atoms with van der Waals surface area (Å²) in [7, 11) is 0. The van der Waals surface area contributed by atoms with Crippen LogP contribution in [-0.4, -0.2) is 28.1 Å². The second-order valence-corrected chi connectivity index (χ2v) is 12.0.